The van der Waals surface area contributed by atoms with Crippen LogP contribution in [0.25, 0.3) is 11.4 Å². The molecule has 0 amide bonds. The van der Waals surface area contributed by atoms with Gasteiger partial charge in [0.2, 0.25) is 0 Å². The van der Waals surface area contributed by atoms with E-state index < -0.39 is 19.1 Å². The molecular weight excluding hydrogens is 296 g/mol. The number of hydrogen-bond acceptors (Lipinski definition) is 6. The van der Waals surface area contributed by atoms with Crippen LogP contribution in [0, 0.1) is 10.1 Å². The van der Waals surface area contributed by atoms with Gasteiger partial charge in [-0.2, -0.15) is 0 Å². The van der Waals surface area contributed by atoms with E-state index in [0.29, 0.717) is 0 Å². The summed E-state index contributed by atoms with van der Waals surface area (Å²) in [5, 5.41) is 17.5. The van der Waals surface area contributed by atoms with Crippen LogP contribution in [-0.4, -0.2) is 28.1 Å². The van der Waals surface area contributed by atoms with Crippen LogP contribution in [0.5, 0.6) is 0 Å². The van der Waals surface area contributed by atoms with E-state index >= 15 is 0 Å². The van der Waals surface area contributed by atoms with Gasteiger partial charge in [0.15, 0.2) is 5.82 Å². The lowest BCUT2D eigenvalue weighted by Crippen LogP contribution is -2.03. The maximum absolute atomic E-state index is 11.2. The second-order valence-corrected chi connectivity index (χ2v) is 6.04. The van der Waals surface area contributed by atoms with Gasteiger partial charge in [0.25, 0.3) is 19.9 Å². The number of hydrogen-bond donors (Lipinski definition) is 0. The molecule has 0 bridgehead atoms. The first kappa shape index (κ1) is 13.4. The third-order valence-electron chi connectivity index (χ3n) is 2.39. The molecule has 0 aliphatic carbocycles. The van der Waals surface area contributed by atoms with Crippen LogP contribution in [-0.2, 0) is 16.1 Å². The van der Waals surface area contributed by atoms with Crippen molar-refractivity contribution < 1.29 is 13.3 Å². The van der Waals surface area contributed by atoms with Gasteiger partial charge in [0.05, 0.1) is 10.5 Å². The molecule has 0 fully saturated rings. The minimum absolute atomic E-state index is 0.0477. The van der Waals surface area contributed by atoms with Crippen molar-refractivity contribution in [3.63, 3.8) is 0 Å². The van der Waals surface area contributed by atoms with Crippen molar-refractivity contribution in [1.29, 1.82) is 0 Å². The molecule has 1 heterocycles. The summed E-state index contributed by atoms with van der Waals surface area (Å²) in [5.41, 5.74) is -0.0365. The zero-order chi connectivity index (χ0) is 14.2. The Morgan fingerprint density at radius 3 is 2.47 bits per heavy atom. The molecule has 8 nitrogen and oxygen atoms in total. The smallest absolute Gasteiger partial charge is 0.296 e. The zero-order valence-corrected chi connectivity index (χ0v) is 11.1. The minimum Gasteiger partial charge on any atom is -0.300 e. The van der Waals surface area contributed by atoms with Crippen LogP contribution in [0.2, 0.25) is 0 Å². The maximum Gasteiger partial charge on any atom is 0.296 e. The number of nitro groups is 1. The standard InChI is InChI=1S/C9H7ClN4O4S/c1-13-8(11-12-9(13)19(10,17)18)6-4-2-3-5-7(6)14(15)16/h2-5H,1H3. The molecule has 19 heavy (non-hydrogen) atoms. The fourth-order valence-corrected chi connectivity index (χ4v) is 2.54. The average molecular weight is 303 g/mol. The summed E-state index contributed by atoms with van der Waals surface area (Å²) in [6, 6.07) is 5.81. The number of nitrogens with zero attached hydrogens (tertiary/aromatic N) is 4. The summed E-state index contributed by atoms with van der Waals surface area (Å²) >= 11 is 0. The summed E-state index contributed by atoms with van der Waals surface area (Å²) < 4.78 is 23.5. The first-order chi connectivity index (χ1) is 8.82. The topological polar surface area (TPSA) is 108 Å². The van der Waals surface area contributed by atoms with Crippen molar-refractivity contribution in [3.05, 3.63) is 34.4 Å². The summed E-state index contributed by atoms with van der Waals surface area (Å²) in [7, 11) is 2.48. The summed E-state index contributed by atoms with van der Waals surface area (Å²) in [4.78, 5) is 10.3. The van der Waals surface area contributed by atoms with Gasteiger partial charge in [-0.3, -0.25) is 14.7 Å². The molecule has 0 radical (unpaired) electrons. The molecule has 100 valence electrons. The Labute approximate surface area is 112 Å². The Bertz CT molecular complexity index is 755. The fraction of sp³-hybridized carbons (Fsp3) is 0.111. The van der Waals surface area contributed by atoms with E-state index in [1.807, 2.05) is 0 Å². The lowest BCUT2D eigenvalue weighted by Gasteiger charge is -2.02. The lowest BCUT2D eigenvalue weighted by molar-refractivity contribution is -0.384. The Balaban J connectivity index is 2.68. The molecule has 10 heteroatoms. The Kier molecular flexibility index (Phi) is 3.25. The van der Waals surface area contributed by atoms with Crippen molar-refractivity contribution >= 4 is 25.4 Å². The van der Waals surface area contributed by atoms with E-state index in [2.05, 4.69) is 10.2 Å². The predicted molar refractivity (Wildman–Crippen MR) is 66.1 cm³/mol. The van der Waals surface area contributed by atoms with E-state index in [-0.39, 0.29) is 17.1 Å². The van der Waals surface area contributed by atoms with Crippen LogP contribution in [0.1, 0.15) is 0 Å². The molecule has 1 aromatic heterocycles. The molecule has 0 unspecified atom stereocenters. The largest absolute Gasteiger partial charge is 0.300 e. The molecule has 0 aliphatic rings. The SMILES string of the molecule is Cn1c(-c2ccccc2[N+](=O)[O-])nnc1S(=O)(=O)Cl. The van der Waals surface area contributed by atoms with Crippen LogP contribution >= 0.6 is 10.7 Å². The van der Waals surface area contributed by atoms with Crippen LogP contribution in [0.15, 0.2) is 29.4 Å². The normalized spacial score (nSPS) is 11.5. The van der Waals surface area contributed by atoms with Crippen molar-refractivity contribution in [2.45, 2.75) is 5.16 Å². The number of para-hydroxylation sites is 1. The first-order valence-corrected chi connectivity index (χ1v) is 7.21. The quantitative estimate of drug-likeness (QED) is 0.480. The molecule has 0 spiro atoms. The molecule has 1 aromatic carbocycles. The zero-order valence-electron chi connectivity index (χ0n) is 9.52. The third-order valence-corrected chi connectivity index (χ3v) is 3.60. The van der Waals surface area contributed by atoms with E-state index in [9.17, 15) is 18.5 Å². The van der Waals surface area contributed by atoms with E-state index in [1.165, 1.54) is 25.2 Å². The number of rotatable bonds is 3. The first-order valence-electron chi connectivity index (χ1n) is 4.90. The van der Waals surface area contributed by atoms with Gasteiger partial charge in [-0.15, -0.1) is 10.2 Å². The van der Waals surface area contributed by atoms with Crippen molar-refractivity contribution in [2.75, 3.05) is 0 Å². The minimum atomic E-state index is -4.06. The fourth-order valence-electron chi connectivity index (χ4n) is 1.58. The van der Waals surface area contributed by atoms with Crippen LogP contribution in [0.4, 0.5) is 5.69 Å². The molecule has 0 N–H and O–H groups in total. The van der Waals surface area contributed by atoms with Crippen LogP contribution < -0.4 is 0 Å². The number of benzene rings is 1. The van der Waals surface area contributed by atoms with E-state index in [0.717, 1.165) is 4.57 Å². The van der Waals surface area contributed by atoms with Gasteiger partial charge < -0.3 is 0 Å². The maximum atomic E-state index is 11.2. The third kappa shape index (κ3) is 2.42. The van der Waals surface area contributed by atoms with Crippen molar-refractivity contribution in [1.82, 2.24) is 14.8 Å². The molecular formula is C9H7ClN4O4S. The predicted octanol–water partition coefficient (Wildman–Crippen LogP) is 1.32. The molecule has 2 rings (SSSR count). The molecule has 2 aromatic rings. The van der Waals surface area contributed by atoms with Gasteiger partial charge in [0.1, 0.15) is 0 Å². The van der Waals surface area contributed by atoms with Crippen molar-refractivity contribution in [3.8, 4) is 11.4 Å². The molecule has 0 saturated heterocycles. The number of aromatic nitrogens is 3. The van der Waals surface area contributed by atoms with Gasteiger partial charge in [-0.1, -0.05) is 12.1 Å². The van der Waals surface area contributed by atoms with Crippen LogP contribution in [0.3, 0.4) is 0 Å². The highest BCUT2D eigenvalue weighted by Crippen LogP contribution is 2.29. The highest BCUT2D eigenvalue weighted by molar-refractivity contribution is 8.13. The summed E-state index contributed by atoms with van der Waals surface area (Å²) in [6.07, 6.45) is 0. The second kappa shape index (κ2) is 4.59. The monoisotopic (exact) mass is 302 g/mol. The highest BCUT2D eigenvalue weighted by atomic mass is 35.7. The molecule has 0 aliphatic heterocycles. The lowest BCUT2D eigenvalue weighted by atomic mass is 10.1. The van der Waals surface area contributed by atoms with Gasteiger partial charge in [0, 0.05) is 23.8 Å². The van der Waals surface area contributed by atoms with Crippen molar-refractivity contribution in [2.24, 2.45) is 7.05 Å². The van der Waals surface area contributed by atoms with E-state index in [1.54, 1.807) is 6.07 Å². The molecule has 0 atom stereocenters. The highest BCUT2D eigenvalue weighted by Gasteiger charge is 2.24. The number of halogens is 1. The Morgan fingerprint density at radius 2 is 1.95 bits per heavy atom. The number of nitro benzene ring substituents is 1. The Hall–Kier alpha value is -2.00. The summed E-state index contributed by atoms with van der Waals surface area (Å²) in [6.45, 7) is 0. The average Bonchev–Trinajstić information content (AvgIpc) is 2.70. The van der Waals surface area contributed by atoms with E-state index in [4.69, 9.17) is 10.7 Å². The molecule has 0 saturated carbocycles. The summed E-state index contributed by atoms with van der Waals surface area (Å²) in [5.74, 6) is 0.0477. The second-order valence-electron chi connectivity index (χ2n) is 3.58. The Morgan fingerprint density at radius 1 is 1.32 bits per heavy atom. The van der Waals surface area contributed by atoms with Gasteiger partial charge >= 0.3 is 0 Å². The van der Waals surface area contributed by atoms with Gasteiger partial charge in [-0.05, 0) is 6.07 Å². The van der Waals surface area contributed by atoms with Gasteiger partial charge in [-0.25, -0.2) is 8.42 Å².